The van der Waals surface area contributed by atoms with Crippen molar-refractivity contribution in [3.63, 3.8) is 0 Å². The minimum absolute atomic E-state index is 0.109. The maximum absolute atomic E-state index is 11.5. The predicted octanol–water partition coefficient (Wildman–Crippen LogP) is 0.518. The first-order chi connectivity index (χ1) is 6.81. The van der Waals surface area contributed by atoms with Crippen LogP contribution < -0.4 is 5.56 Å². The summed E-state index contributed by atoms with van der Waals surface area (Å²) in [5.41, 5.74) is 0.781. The topological polar surface area (TPSA) is 63.6 Å². The monoisotopic (exact) mass is 190 g/mol. The second kappa shape index (κ2) is 3.45. The molecule has 0 spiro atoms. The van der Waals surface area contributed by atoms with Crippen molar-refractivity contribution in [3.8, 4) is 5.82 Å². The van der Waals surface area contributed by atoms with Crippen molar-refractivity contribution in [2.45, 2.75) is 13.3 Å². The molecular formula is C9H10N4O. The van der Waals surface area contributed by atoms with Gasteiger partial charge in [-0.3, -0.25) is 14.9 Å². The molecule has 0 saturated carbocycles. The van der Waals surface area contributed by atoms with Gasteiger partial charge < -0.3 is 0 Å². The van der Waals surface area contributed by atoms with E-state index in [2.05, 4.69) is 15.1 Å². The Morgan fingerprint density at radius 3 is 2.93 bits per heavy atom. The van der Waals surface area contributed by atoms with Crippen molar-refractivity contribution in [3.05, 3.63) is 40.7 Å². The molecular weight excluding hydrogens is 180 g/mol. The van der Waals surface area contributed by atoms with Gasteiger partial charge in [-0.2, -0.15) is 4.68 Å². The molecule has 0 aliphatic rings. The van der Waals surface area contributed by atoms with Gasteiger partial charge in [-0.15, -0.1) is 0 Å². The van der Waals surface area contributed by atoms with Crippen LogP contribution in [0.25, 0.3) is 5.82 Å². The zero-order chi connectivity index (χ0) is 9.97. The van der Waals surface area contributed by atoms with Crippen LogP contribution in [0, 0.1) is 0 Å². The lowest BCUT2D eigenvalue weighted by atomic mass is 10.3. The molecule has 0 radical (unpaired) electrons. The molecule has 0 aliphatic heterocycles. The first-order valence-corrected chi connectivity index (χ1v) is 4.38. The zero-order valence-corrected chi connectivity index (χ0v) is 7.77. The lowest BCUT2D eigenvalue weighted by Gasteiger charge is -1.98. The largest absolute Gasteiger partial charge is 0.294 e. The molecule has 0 bridgehead atoms. The van der Waals surface area contributed by atoms with Gasteiger partial charge in [0, 0.05) is 24.2 Å². The summed E-state index contributed by atoms with van der Waals surface area (Å²) in [4.78, 5) is 19.4. The van der Waals surface area contributed by atoms with Gasteiger partial charge in [0.1, 0.15) is 0 Å². The predicted molar refractivity (Wildman–Crippen MR) is 51.4 cm³/mol. The molecule has 1 N–H and O–H groups in total. The molecule has 2 aromatic heterocycles. The SMILES string of the molecule is CCc1cc(=O)n(-c2cnccn2)[nH]1. The van der Waals surface area contributed by atoms with Gasteiger partial charge in [0.2, 0.25) is 0 Å². The highest BCUT2D eigenvalue weighted by Crippen LogP contribution is 1.97. The van der Waals surface area contributed by atoms with E-state index in [-0.39, 0.29) is 5.56 Å². The lowest BCUT2D eigenvalue weighted by molar-refractivity contribution is 0.788. The minimum atomic E-state index is -0.109. The van der Waals surface area contributed by atoms with E-state index in [1.54, 1.807) is 18.5 Å². The zero-order valence-electron chi connectivity index (χ0n) is 7.77. The number of hydrogen-bond acceptors (Lipinski definition) is 3. The summed E-state index contributed by atoms with van der Waals surface area (Å²) in [7, 11) is 0. The average Bonchev–Trinajstić information content (AvgIpc) is 2.61. The Kier molecular flexibility index (Phi) is 2.14. The first kappa shape index (κ1) is 8.68. The van der Waals surface area contributed by atoms with Gasteiger partial charge in [0.05, 0.1) is 6.20 Å². The third kappa shape index (κ3) is 1.44. The lowest BCUT2D eigenvalue weighted by Crippen LogP contribution is -2.14. The van der Waals surface area contributed by atoms with Crippen LogP contribution in [0.2, 0.25) is 0 Å². The van der Waals surface area contributed by atoms with Gasteiger partial charge in [0.25, 0.3) is 5.56 Å². The number of nitrogens with zero attached hydrogens (tertiary/aromatic N) is 3. The van der Waals surface area contributed by atoms with Crippen LogP contribution in [0.15, 0.2) is 29.5 Å². The molecule has 5 nitrogen and oxygen atoms in total. The van der Waals surface area contributed by atoms with Gasteiger partial charge in [-0.25, -0.2) is 4.98 Å². The van der Waals surface area contributed by atoms with Crippen LogP contribution in [0.5, 0.6) is 0 Å². The molecule has 0 saturated heterocycles. The fourth-order valence-electron chi connectivity index (χ4n) is 1.20. The molecule has 0 amide bonds. The Balaban J connectivity index is 2.52. The van der Waals surface area contributed by atoms with Gasteiger partial charge in [-0.1, -0.05) is 6.92 Å². The number of aromatic amines is 1. The molecule has 2 aromatic rings. The average molecular weight is 190 g/mol. The Bertz CT molecular complexity index is 471. The van der Waals surface area contributed by atoms with Crippen LogP contribution in [0.4, 0.5) is 0 Å². The highest BCUT2D eigenvalue weighted by Gasteiger charge is 2.03. The van der Waals surface area contributed by atoms with Crippen LogP contribution >= 0.6 is 0 Å². The van der Waals surface area contributed by atoms with E-state index in [4.69, 9.17) is 0 Å². The standard InChI is InChI=1S/C9H10N4O/c1-2-7-5-9(14)13(12-7)8-6-10-3-4-11-8/h3-6,12H,2H2,1H3. The van der Waals surface area contributed by atoms with Gasteiger partial charge in [0.15, 0.2) is 5.82 Å². The summed E-state index contributed by atoms with van der Waals surface area (Å²) < 4.78 is 1.38. The quantitative estimate of drug-likeness (QED) is 0.750. The summed E-state index contributed by atoms with van der Waals surface area (Å²) in [5.74, 6) is 0.511. The summed E-state index contributed by atoms with van der Waals surface area (Å²) in [5, 5.41) is 2.95. The molecule has 0 aliphatic carbocycles. The van der Waals surface area contributed by atoms with E-state index < -0.39 is 0 Å². The Morgan fingerprint density at radius 2 is 2.36 bits per heavy atom. The molecule has 14 heavy (non-hydrogen) atoms. The molecule has 0 unspecified atom stereocenters. The number of aromatic nitrogens is 4. The third-order valence-electron chi connectivity index (χ3n) is 1.93. The van der Waals surface area contributed by atoms with Crippen molar-refractivity contribution in [1.82, 2.24) is 19.7 Å². The summed E-state index contributed by atoms with van der Waals surface area (Å²) in [6.07, 6.45) is 5.45. The first-order valence-electron chi connectivity index (χ1n) is 4.38. The Labute approximate surface area is 80.4 Å². The van der Waals surface area contributed by atoms with Crippen LogP contribution in [-0.2, 0) is 6.42 Å². The van der Waals surface area contributed by atoms with Gasteiger partial charge in [-0.05, 0) is 6.42 Å². The van der Waals surface area contributed by atoms with E-state index in [9.17, 15) is 4.79 Å². The fourth-order valence-corrected chi connectivity index (χ4v) is 1.20. The summed E-state index contributed by atoms with van der Waals surface area (Å²) in [6.45, 7) is 1.98. The van der Waals surface area contributed by atoms with E-state index >= 15 is 0 Å². The van der Waals surface area contributed by atoms with E-state index in [1.807, 2.05) is 6.92 Å². The molecule has 2 rings (SSSR count). The minimum Gasteiger partial charge on any atom is -0.294 e. The van der Waals surface area contributed by atoms with Gasteiger partial charge >= 0.3 is 0 Å². The Morgan fingerprint density at radius 1 is 1.50 bits per heavy atom. The van der Waals surface area contributed by atoms with Crippen LogP contribution in [0.1, 0.15) is 12.6 Å². The summed E-state index contributed by atoms with van der Waals surface area (Å²) >= 11 is 0. The summed E-state index contributed by atoms with van der Waals surface area (Å²) in [6, 6.07) is 1.56. The fraction of sp³-hybridized carbons (Fsp3) is 0.222. The second-order valence-corrected chi connectivity index (χ2v) is 2.87. The van der Waals surface area contributed by atoms with E-state index in [0.29, 0.717) is 5.82 Å². The number of hydrogen-bond donors (Lipinski definition) is 1. The molecule has 2 heterocycles. The molecule has 0 fully saturated rings. The second-order valence-electron chi connectivity index (χ2n) is 2.87. The number of H-pyrrole nitrogens is 1. The van der Waals surface area contributed by atoms with Crippen molar-refractivity contribution >= 4 is 0 Å². The molecule has 5 heteroatoms. The van der Waals surface area contributed by atoms with Crippen molar-refractivity contribution < 1.29 is 0 Å². The van der Waals surface area contributed by atoms with Crippen LogP contribution in [0.3, 0.4) is 0 Å². The van der Waals surface area contributed by atoms with Crippen molar-refractivity contribution in [1.29, 1.82) is 0 Å². The molecule has 72 valence electrons. The highest BCUT2D eigenvalue weighted by atomic mass is 16.1. The third-order valence-corrected chi connectivity index (χ3v) is 1.93. The highest BCUT2D eigenvalue weighted by molar-refractivity contribution is 5.17. The smallest absolute Gasteiger partial charge is 0.272 e. The number of nitrogens with one attached hydrogen (secondary N) is 1. The van der Waals surface area contributed by atoms with Crippen molar-refractivity contribution in [2.75, 3.05) is 0 Å². The maximum atomic E-state index is 11.5. The molecule has 0 atom stereocenters. The number of rotatable bonds is 2. The maximum Gasteiger partial charge on any atom is 0.272 e. The van der Waals surface area contributed by atoms with E-state index in [0.717, 1.165) is 12.1 Å². The van der Waals surface area contributed by atoms with E-state index in [1.165, 1.54) is 10.9 Å². The number of aryl methyl sites for hydroxylation is 1. The van der Waals surface area contributed by atoms with Crippen LogP contribution in [-0.4, -0.2) is 19.7 Å². The Hall–Kier alpha value is -1.91. The van der Waals surface area contributed by atoms with Crippen molar-refractivity contribution in [2.24, 2.45) is 0 Å². The normalized spacial score (nSPS) is 10.4. The molecule has 0 aromatic carbocycles.